The van der Waals surface area contributed by atoms with E-state index in [9.17, 15) is 4.79 Å². The Labute approximate surface area is 149 Å². The molecule has 0 fully saturated rings. The van der Waals surface area contributed by atoms with Gasteiger partial charge in [-0.05, 0) is 24.4 Å². The molecule has 3 aromatic heterocycles. The maximum absolute atomic E-state index is 12.0. The van der Waals surface area contributed by atoms with Crippen molar-refractivity contribution in [3.8, 4) is 17.3 Å². The summed E-state index contributed by atoms with van der Waals surface area (Å²) in [6.45, 7) is 2.79. The molecule has 0 bridgehead atoms. The zero-order valence-electron chi connectivity index (χ0n) is 13.8. The first-order chi connectivity index (χ1) is 12.3. The van der Waals surface area contributed by atoms with Crippen LogP contribution in [0, 0.1) is 0 Å². The van der Waals surface area contributed by atoms with E-state index in [1.54, 1.807) is 17.5 Å². The summed E-state index contributed by atoms with van der Waals surface area (Å²) in [5.41, 5.74) is 1.76. The standard InChI is InChI=1S/C17H18N4O3S/c1-2-23-17-12(4-3-8-18-17)10-19-14(22)5-6-15-20-16(21-24-15)13-7-9-25-11-13/h3-4,7-9,11H,2,5-6,10H2,1H3,(H,19,22). The molecule has 0 saturated heterocycles. The van der Waals surface area contributed by atoms with Crippen LogP contribution in [0.2, 0.25) is 0 Å². The lowest BCUT2D eigenvalue weighted by atomic mass is 10.2. The highest BCUT2D eigenvalue weighted by atomic mass is 32.1. The SMILES string of the molecule is CCOc1ncccc1CNC(=O)CCc1nc(-c2ccsc2)no1. The molecule has 8 heteroatoms. The summed E-state index contributed by atoms with van der Waals surface area (Å²) in [7, 11) is 0. The Bertz CT molecular complexity index is 817. The van der Waals surface area contributed by atoms with E-state index >= 15 is 0 Å². The number of hydrogen-bond acceptors (Lipinski definition) is 7. The van der Waals surface area contributed by atoms with E-state index in [1.807, 2.05) is 35.9 Å². The third-order valence-electron chi connectivity index (χ3n) is 3.42. The molecule has 1 amide bonds. The van der Waals surface area contributed by atoms with E-state index in [1.165, 1.54) is 0 Å². The molecule has 1 N–H and O–H groups in total. The highest BCUT2D eigenvalue weighted by Crippen LogP contribution is 2.19. The first-order valence-corrected chi connectivity index (χ1v) is 8.89. The van der Waals surface area contributed by atoms with Gasteiger partial charge >= 0.3 is 0 Å². The molecule has 25 heavy (non-hydrogen) atoms. The van der Waals surface area contributed by atoms with Gasteiger partial charge < -0.3 is 14.6 Å². The molecule has 3 rings (SSSR count). The summed E-state index contributed by atoms with van der Waals surface area (Å²) in [6, 6.07) is 5.62. The van der Waals surface area contributed by atoms with Crippen molar-refractivity contribution in [2.24, 2.45) is 0 Å². The lowest BCUT2D eigenvalue weighted by molar-refractivity contribution is -0.121. The minimum absolute atomic E-state index is 0.0958. The topological polar surface area (TPSA) is 90.1 Å². The minimum Gasteiger partial charge on any atom is -0.478 e. The number of aryl methyl sites for hydroxylation is 1. The maximum Gasteiger partial charge on any atom is 0.227 e. The van der Waals surface area contributed by atoms with Gasteiger partial charge in [0.25, 0.3) is 0 Å². The van der Waals surface area contributed by atoms with Gasteiger partial charge in [0.15, 0.2) is 0 Å². The lowest BCUT2D eigenvalue weighted by Gasteiger charge is -2.09. The molecule has 130 valence electrons. The van der Waals surface area contributed by atoms with E-state index in [4.69, 9.17) is 9.26 Å². The molecule has 0 aromatic carbocycles. The number of carbonyl (C=O) groups is 1. The molecule has 0 radical (unpaired) electrons. The normalized spacial score (nSPS) is 10.6. The maximum atomic E-state index is 12.0. The molecule has 0 spiro atoms. The summed E-state index contributed by atoms with van der Waals surface area (Å²) in [4.78, 5) is 20.5. The molecule has 0 saturated carbocycles. The third kappa shape index (κ3) is 4.63. The average Bonchev–Trinajstić information content (AvgIpc) is 3.31. The zero-order valence-corrected chi connectivity index (χ0v) is 14.6. The molecular formula is C17H18N4O3S. The van der Waals surface area contributed by atoms with Crippen LogP contribution >= 0.6 is 11.3 Å². The number of thiophene rings is 1. The average molecular weight is 358 g/mol. The van der Waals surface area contributed by atoms with Gasteiger partial charge in [-0.1, -0.05) is 11.2 Å². The van der Waals surface area contributed by atoms with Gasteiger partial charge in [-0.15, -0.1) is 0 Å². The van der Waals surface area contributed by atoms with Crippen LogP contribution < -0.4 is 10.1 Å². The highest BCUT2D eigenvalue weighted by molar-refractivity contribution is 7.08. The van der Waals surface area contributed by atoms with Gasteiger partial charge in [-0.25, -0.2) is 4.98 Å². The number of pyridine rings is 1. The zero-order chi connectivity index (χ0) is 17.5. The Kier molecular flexibility index (Phi) is 5.73. The van der Waals surface area contributed by atoms with E-state index in [-0.39, 0.29) is 12.3 Å². The van der Waals surface area contributed by atoms with Crippen LogP contribution in [0.4, 0.5) is 0 Å². The van der Waals surface area contributed by atoms with Crippen molar-refractivity contribution in [2.75, 3.05) is 6.61 Å². The number of amides is 1. The second kappa shape index (κ2) is 8.39. The number of rotatable bonds is 8. The predicted octanol–water partition coefficient (Wildman–Crippen LogP) is 2.84. The minimum atomic E-state index is -0.0958. The van der Waals surface area contributed by atoms with Crippen LogP contribution in [0.15, 0.2) is 39.7 Å². The van der Waals surface area contributed by atoms with Gasteiger partial charge in [0.1, 0.15) is 0 Å². The third-order valence-corrected chi connectivity index (χ3v) is 4.10. The fourth-order valence-electron chi connectivity index (χ4n) is 2.19. The van der Waals surface area contributed by atoms with Crippen molar-refractivity contribution in [3.63, 3.8) is 0 Å². The fourth-order valence-corrected chi connectivity index (χ4v) is 2.83. The number of nitrogens with one attached hydrogen (secondary N) is 1. The molecule has 0 aliphatic heterocycles. The van der Waals surface area contributed by atoms with Gasteiger partial charge in [0.2, 0.25) is 23.5 Å². The van der Waals surface area contributed by atoms with Crippen LogP contribution in [-0.4, -0.2) is 27.6 Å². The van der Waals surface area contributed by atoms with E-state index in [2.05, 4.69) is 20.4 Å². The summed E-state index contributed by atoms with van der Waals surface area (Å²) < 4.78 is 10.6. The van der Waals surface area contributed by atoms with E-state index in [0.717, 1.165) is 11.1 Å². The van der Waals surface area contributed by atoms with E-state index in [0.29, 0.717) is 37.2 Å². The van der Waals surface area contributed by atoms with Crippen molar-refractivity contribution in [2.45, 2.75) is 26.3 Å². The second-order valence-electron chi connectivity index (χ2n) is 5.20. The molecule has 0 aliphatic rings. The second-order valence-corrected chi connectivity index (χ2v) is 5.98. The molecule has 3 heterocycles. The van der Waals surface area contributed by atoms with Crippen LogP contribution in [0.3, 0.4) is 0 Å². The van der Waals surface area contributed by atoms with Gasteiger partial charge in [-0.2, -0.15) is 16.3 Å². The smallest absolute Gasteiger partial charge is 0.227 e. The van der Waals surface area contributed by atoms with Crippen molar-refractivity contribution in [1.82, 2.24) is 20.4 Å². The van der Waals surface area contributed by atoms with Crippen LogP contribution in [0.5, 0.6) is 5.88 Å². The molecular weight excluding hydrogens is 340 g/mol. The quantitative estimate of drug-likeness (QED) is 0.666. The van der Waals surface area contributed by atoms with Crippen molar-refractivity contribution in [1.29, 1.82) is 0 Å². The number of hydrogen-bond donors (Lipinski definition) is 1. The molecule has 7 nitrogen and oxygen atoms in total. The first kappa shape index (κ1) is 17.1. The molecule has 0 atom stereocenters. The van der Waals surface area contributed by atoms with E-state index < -0.39 is 0 Å². The van der Waals surface area contributed by atoms with Crippen LogP contribution in [-0.2, 0) is 17.8 Å². The number of nitrogens with zero attached hydrogens (tertiary/aromatic N) is 3. The largest absolute Gasteiger partial charge is 0.478 e. The fraction of sp³-hybridized carbons (Fsp3) is 0.294. The lowest BCUT2D eigenvalue weighted by Crippen LogP contribution is -2.23. The van der Waals surface area contributed by atoms with Crippen molar-refractivity contribution < 1.29 is 14.1 Å². The number of ether oxygens (including phenoxy) is 1. The molecule has 0 unspecified atom stereocenters. The summed E-state index contributed by atoms with van der Waals surface area (Å²) in [5, 5.41) is 10.7. The Hall–Kier alpha value is -2.74. The Morgan fingerprint density at radius 1 is 1.40 bits per heavy atom. The Morgan fingerprint density at radius 3 is 3.12 bits per heavy atom. The Morgan fingerprint density at radius 2 is 2.32 bits per heavy atom. The Balaban J connectivity index is 1.49. The van der Waals surface area contributed by atoms with Crippen molar-refractivity contribution in [3.05, 3.63) is 46.6 Å². The summed E-state index contributed by atoms with van der Waals surface area (Å²) >= 11 is 1.57. The molecule has 0 aliphatic carbocycles. The van der Waals surface area contributed by atoms with Gasteiger partial charge in [0.05, 0.1) is 6.61 Å². The van der Waals surface area contributed by atoms with Gasteiger partial charge in [-0.3, -0.25) is 4.79 Å². The number of aromatic nitrogens is 3. The first-order valence-electron chi connectivity index (χ1n) is 7.94. The highest BCUT2D eigenvalue weighted by Gasteiger charge is 2.11. The molecule has 3 aromatic rings. The van der Waals surface area contributed by atoms with Crippen molar-refractivity contribution >= 4 is 17.2 Å². The monoisotopic (exact) mass is 358 g/mol. The van der Waals surface area contributed by atoms with Gasteiger partial charge in [0, 0.05) is 42.1 Å². The summed E-state index contributed by atoms with van der Waals surface area (Å²) in [6.07, 6.45) is 2.33. The van der Waals surface area contributed by atoms with Crippen LogP contribution in [0.25, 0.3) is 11.4 Å². The predicted molar refractivity (Wildman–Crippen MR) is 93.2 cm³/mol. The van der Waals surface area contributed by atoms with Crippen LogP contribution in [0.1, 0.15) is 24.8 Å². The number of carbonyl (C=O) groups excluding carboxylic acids is 1. The summed E-state index contributed by atoms with van der Waals surface area (Å²) in [5.74, 6) is 1.45.